The summed E-state index contributed by atoms with van der Waals surface area (Å²) in [5.74, 6) is -1.28. The highest BCUT2D eigenvalue weighted by molar-refractivity contribution is 5.72. The van der Waals surface area contributed by atoms with Crippen molar-refractivity contribution < 1.29 is 15.0 Å². The SMILES string of the molecule is CCN(CC)CC.NCC(O)C(=O)O. The van der Waals surface area contributed by atoms with Crippen LogP contribution in [-0.2, 0) is 4.79 Å². The predicted octanol–water partition coefficient (Wildman–Crippen LogP) is -0.261. The summed E-state index contributed by atoms with van der Waals surface area (Å²) in [5, 5.41) is 16.1. The van der Waals surface area contributed by atoms with E-state index < -0.39 is 12.1 Å². The molecule has 0 aromatic rings. The normalized spacial score (nSPS) is 11.9. The smallest absolute Gasteiger partial charge is 0.333 e. The van der Waals surface area contributed by atoms with Crippen molar-refractivity contribution in [2.24, 2.45) is 5.73 Å². The molecule has 86 valence electrons. The lowest BCUT2D eigenvalue weighted by Crippen LogP contribution is -2.28. The summed E-state index contributed by atoms with van der Waals surface area (Å²) in [6, 6.07) is 0. The zero-order valence-electron chi connectivity index (χ0n) is 9.23. The molecule has 0 heterocycles. The number of hydrogen-bond donors (Lipinski definition) is 3. The minimum atomic E-state index is -1.40. The first-order chi connectivity index (χ1) is 6.53. The number of aliphatic hydroxyl groups is 1. The van der Waals surface area contributed by atoms with Crippen LogP contribution in [0.3, 0.4) is 0 Å². The quantitative estimate of drug-likeness (QED) is 0.577. The maximum Gasteiger partial charge on any atom is 0.333 e. The first-order valence-corrected chi connectivity index (χ1v) is 4.86. The van der Waals surface area contributed by atoms with E-state index in [0.29, 0.717) is 0 Å². The summed E-state index contributed by atoms with van der Waals surface area (Å²) in [7, 11) is 0. The number of aliphatic carboxylic acids is 1. The summed E-state index contributed by atoms with van der Waals surface area (Å²) in [4.78, 5) is 12.0. The largest absolute Gasteiger partial charge is 0.479 e. The first-order valence-electron chi connectivity index (χ1n) is 4.86. The number of carbonyl (C=O) groups is 1. The third-order valence-corrected chi connectivity index (χ3v) is 1.85. The van der Waals surface area contributed by atoms with Gasteiger partial charge in [-0.15, -0.1) is 0 Å². The second-order valence-electron chi connectivity index (χ2n) is 2.71. The van der Waals surface area contributed by atoms with Crippen LogP contribution < -0.4 is 5.73 Å². The molecule has 0 saturated heterocycles. The standard InChI is InChI=1S/C6H15N.C3H7NO3/c1-4-7(5-2)6-3;4-1-2(5)3(6)7/h4-6H2,1-3H3;2,5H,1,4H2,(H,6,7). The summed E-state index contributed by atoms with van der Waals surface area (Å²) in [5.41, 5.74) is 4.74. The van der Waals surface area contributed by atoms with Crippen LogP contribution in [0.15, 0.2) is 0 Å². The molecule has 0 aromatic heterocycles. The number of carboxylic acids is 1. The molecule has 0 bridgehead atoms. The van der Waals surface area contributed by atoms with Gasteiger partial charge in [0.05, 0.1) is 0 Å². The maximum absolute atomic E-state index is 9.60. The number of hydrogen-bond acceptors (Lipinski definition) is 4. The second kappa shape index (κ2) is 10.4. The summed E-state index contributed by atoms with van der Waals surface area (Å²) in [6.45, 7) is 9.90. The van der Waals surface area contributed by atoms with E-state index in [1.807, 2.05) is 0 Å². The van der Waals surface area contributed by atoms with Crippen LogP contribution in [0.5, 0.6) is 0 Å². The zero-order chi connectivity index (χ0) is 11.6. The Morgan fingerprint density at radius 2 is 1.64 bits per heavy atom. The molecule has 0 amide bonds. The van der Waals surface area contributed by atoms with E-state index in [2.05, 4.69) is 25.7 Å². The Balaban J connectivity index is 0. The molecule has 5 nitrogen and oxygen atoms in total. The molecule has 0 spiro atoms. The molecule has 5 heteroatoms. The lowest BCUT2D eigenvalue weighted by Gasteiger charge is -2.13. The van der Waals surface area contributed by atoms with Gasteiger partial charge in [0.15, 0.2) is 6.10 Å². The lowest BCUT2D eigenvalue weighted by molar-refractivity contribution is -0.145. The monoisotopic (exact) mass is 206 g/mol. The second-order valence-corrected chi connectivity index (χ2v) is 2.71. The van der Waals surface area contributed by atoms with Crippen molar-refractivity contribution in [2.75, 3.05) is 26.2 Å². The van der Waals surface area contributed by atoms with Gasteiger partial charge in [-0.1, -0.05) is 20.8 Å². The molecule has 0 aromatic carbocycles. The third-order valence-electron chi connectivity index (χ3n) is 1.85. The molecular formula is C9H22N2O3. The molecule has 0 aliphatic carbocycles. The van der Waals surface area contributed by atoms with Crippen LogP contribution in [0, 0.1) is 0 Å². The summed E-state index contributed by atoms with van der Waals surface area (Å²) in [6.07, 6.45) is -1.40. The van der Waals surface area contributed by atoms with Gasteiger partial charge in [-0.2, -0.15) is 0 Å². The average molecular weight is 206 g/mol. The fourth-order valence-corrected chi connectivity index (χ4v) is 0.772. The highest BCUT2D eigenvalue weighted by atomic mass is 16.4. The van der Waals surface area contributed by atoms with E-state index in [0.717, 1.165) is 0 Å². The van der Waals surface area contributed by atoms with Crippen LogP contribution in [0.2, 0.25) is 0 Å². The highest BCUT2D eigenvalue weighted by Gasteiger charge is 2.07. The number of nitrogens with two attached hydrogens (primary N) is 1. The van der Waals surface area contributed by atoms with Crippen molar-refractivity contribution in [3.8, 4) is 0 Å². The Labute approximate surface area is 85.5 Å². The molecule has 4 N–H and O–H groups in total. The van der Waals surface area contributed by atoms with E-state index >= 15 is 0 Å². The van der Waals surface area contributed by atoms with Gasteiger partial charge in [-0.25, -0.2) is 4.79 Å². The zero-order valence-corrected chi connectivity index (χ0v) is 9.23. The van der Waals surface area contributed by atoms with Crippen LogP contribution in [0.4, 0.5) is 0 Å². The lowest BCUT2D eigenvalue weighted by atomic mass is 10.4. The predicted molar refractivity (Wildman–Crippen MR) is 56.2 cm³/mol. The molecule has 0 saturated carbocycles. The van der Waals surface area contributed by atoms with E-state index in [4.69, 9.17) is 15.9 Å². The van der Waals surface area contributed by atoms with Gasteiger partial charge in [-0.05, 0) is 19.6 Å². The Hall–Kier alpha value is -0.650. The fourth-order valence-electron chi connectivity index (χ4n) is 0.772. The van der Waals surface area contributed by atoms with E-state index in [1.165, 1.54) is 19.6 Å². The third kappa shape index (κ3) is 9.44. The van der Waals surface area contributed by atoms with Gasteiger partial charge in [0, 0.05) is 6.54 Å². The topological polar surface area (TPSA) is 86.8 Å². The molecule has 0 radical (unpaired) electrons. The van der Waals surface area contributed by atoms with Crippen molar-refractivity contribution in [1.29, 1.82) is 0 Å². The molecule has 1 unspecified atom stereocenters. The van der Waals surface area contributed by atoms with E-state index in [-0.39, 0.29) is 6.54 Å². The van der Waals surface area contributed by atoms with Crippen molar-refractivity contribution in [3.05, 3.63) is 0 Å². The van der Waals surface area contributed by atoms with Gasteiger partial charge >= 0.3 is 5.97 Å². The number of carboxylic acid groups (broad SMARTS) is 1. The van der Waals surface area contributed by atoms with Crippen LogP contribution in [-0.4, -0.2) is 53.4 Å². The molecular weight excluding hydrogens is 184 g/mol. The molecule has 0 fully saturated rings. The molecule has 14 heavy (non-hydrogen) atoms. The van der Waals surface area contributed by atoms with Crippen molar-refractivity contribution in [2.45, 2.75) is 26.9 Å². The molecule has 0 rings (SSSR count). The molecule has 1 atom stereocenters. The fraction of sp³-hybridized carbons (Fsp3) is 0.889. The number of nitrogens with zero attached hydrogens (tertiary/aromatic N) is 1. The van der Waals surface area contributed by atoms with Crippen LogP contribution in [0.1, 0.15) is 20.8 Å². The number of rotatable bonds is 5. The van der Waals surface area contributed by atoms with Gasteiger partial charge in [-0.3, -0.25) is 0 Å². The van der Waals surface area contributed by atoms with Crippen LogP contribution in [0.25, 0.3) is 0 Å². The Morgan fingerprint density at radius 3 is 1.64 bits per heavy atom. The van der Waals surface area contributed by atoms with Gasteiger partial charge in [0.25, 0.3) is 0 Å². The molecule has 0 aliphatic heterocycles. The number of aliphatic hydroxyl groups excluding tert-OH is 1. The van der Waals surface area contributed by atoms with Crippen molar-refractivity contribution >= 4 is 5.97 Å². The molecule has 0 aliphatic rings. The Kier molecular flexibility index (Phi) is 11.8. The van der Waals surface area contributed by atoms with Crippen molar-refractivity contribution in [1.82, 2.24) is 4.90 Å². The maximum atomic E-state index is 9.60. The Morgan fingerprint density at radius 1 is 1.29 bits per heavy atom. The van der Waals surface area contributed by atoms with Crippen molar-refractivity contribution in [3.63, 3.8) is 0 Å². The van der Waals surface area contributed by atoms with Gasteiger partial charge in [0.2, 0.25) is 0 Å². The van der Waals surface area contributed by atoms with E-state index in [9.17, 15) is 4.79 Å². The highest BCUT2D eigenvalue weighted by Crippen LogP contribution is 1.81. The van der Waals surface area contributed by atoms with E-state index in [1.54, 1.807) is 0 Å². The minimum Gasteiger partial charge on any atom is -0.479 e. The van der Waals surface area contributed by atoms with Gasteiger partial charge < -0.3 is 20.8 Å². The van der Waals surface area contributed by atoms with Crippen LogP contribution >= 0.6 is 0 Å². The van der Waals surface area contributed by atoms with Gasteiger partial charge in [0.1, 0.15) is 0 Å². The Bertz CT molecular complexity index is 133. The summed E-state index contributed by atoms with van der Waals surface area (Å²) < 4.78 is 0. The first kappa shape index (κ1) is 15.8. The minimum absolute atomic E-state index is 0.227. The summed E-state index contributed by atoms with van der Waals surface area (Å²) >= 11 is 0. The average Bonchev–Trinajstić information content (AvgIpc) is 2.20.